The van der Waals surface area contributed by atoms with Crippen molar-refractivity contribution in [2.45, 2.75) is 71.3 Å². The number of likely N-dealkylation sites (tertiary alicyclic amines) is 1. The summed E-state index contributed by atoms with van der Waals surface area (Å²) in [5.74, 6) is -1.97. The normalized spacial score (nSPS) is 16.3. The number of hydrogen-bond acceptors (Lipinski definition) is 13. The molecule has 19 heteroatoms. The second-order valence-corrected chi connectivity index (χ2v) is 19.9. The summed E-state index contributed by atoms with van der Waals surface area (Å²) in [6.45, 7) is 7.63. The Balaban J connectivity index is 0.806. The van der Waals surface area contributed by atoms with Gasteiger partial charge in [-0.05, 0) is 60.2 Å². The van der Waals surface area contributed by atoms with Crippen LogP contribution in [-0.4, -0.2) is 118 Å². The molecule has 3 aromatic carbocycles. The maximum absolute atomic E-state index is 14.1. The van der Waals surface area contributed by atoms with Crippen LogP contribution in [0.15, 0.2) is 89.3 Å². The number of ether oxygens (including phenoxy) is 2. The van der Waals surface area contributed by atoms with E-state index in [4.69, 9.17) is 15.2 Å². The molecule has 1 fully saturated rings. The van der Waals surface area contributed by atoms with E-state index in [1.165, 1.54) is 20.8 Å². The summed E-state index contributed by atoms with van der Waals surface area (Å²) < 4.78 is 12.9. The number of fused-ring (bicyclic) bond motifs is 2. The van der Waals surface area contributed by atoms with Gasteiger partial charge in [0.1, 0.15) is 29.9 Å². The number of aliphatic hydroxyl groups excluding tert-OH is 2. The van der Waals surface area contributed by atoms with E-state index >= 15 is 0 Å². The maximum Gasteiger partial charge on any atom is 0.274 e. The van der Waals surface area contributed by atoms with Crippen LogP contribution in [0.5, 0.6) is 0 Å². The number of β-amino-alcohol motifs (C(OH)–C–C–N with tert-alkyl or cyclic N) is 1. The first-order chi connectivity index (χ1) is 34.0. The van der Waals surface area contributed by atoms with Gasteiger partial charge >= 0.3 is 0 Å². The predicted octanol–water partition coefficient (Wildman–Crippen LogP) is 4.70. The zero-order valence-electron chi connectivity index (χ0n) is 40.5. The van der Waals surface area contributed by atoms with Crippen LogP contribution in [0.1, 0.15) is 67.0 Å². The quantitative estimate of drug-likeness (QED) is 0.0458. The van der Waals surface area contributed by atoms with Gasteiger partial charge in [0.2, 0.25) is 17.7 Å². The Morgan fingerprint density at radius 3 is 2.44 bits per heavy atom. The molecule has 4 atom stereocenters. The maximum atomic E-state index is 14.1. The summed E-state index contributed by atoms with van der Waals surface area (Å²) in [5.41, 5.74) is 14.9. The van der Waals surface area contributed by atoms with Gasteiger partial charge in [-0.15, -0.1) is 11.3 Å². The highest BCUT2D eigenvalue weighted by atomic mass is 32.1. The van der Waals surface area contributed by atoms with Crippen LogP contribution in [0.3, 0.4) is 0 Å². The van der Waals surface area contributed by atoms with Crippen molar-refractivity contribution in [2.75, 3.05) is 56.8 Å². The third-order valence-electron chi connectivity index (χ3n) is 12.9. The van der Waals surface area contributed by atoms with Crippen molar-refractivity contribution in [3.05, 3.63) is 117 Å². The number of nitrogens with two attached hydrogens (primary N) is 1. The molecule has 3 aromatic heterocycles. The highest BCUT2D eigenvalue weighted by Gasteiger charge is 2.45. The number of H-pyrrole nitrogens is 1. The number of nitrogens with one attached hydrogen (secondary N) is 4. The fraction of sp³-hybridized carbons (Fsp3) is 0.385. The number of benzene rings is 3. The molecule has 8 N–H and O–H groups in total. The number of hydrogen-bond donors (Lipinski definition) is 7. The molecule has 8 rings (SSSR count). The lowest BCUT2D eigenvalue weighted by Gasteiger charge is -2.35. The van der Waals surface area contributed by atoms with Gasteiger partial charge in [0.25, 0.3) is 11.5 Å². The standard InChI is InChI=1S/C52H61N9O9S/c1-30-46(71-29-55-30)32-14-12-31(13-15-32)39(27-62)56-48(65)41-23-35(63)24-61(41)51(68)47(52(2,3)4)57-42(64)28-70-20-9-19-69-21-18-54-49(66)44-38-26-60(34-10-7-6-8-11-34)40-17-16-33(53)22-36(40)37-25-59(5)50(67)45(58-44)43(37)38/h6-8,10-17,22,25,29,35,39,41,47,58,62-63H,9,18-21,23-24,26-28,53H2,1-5H3,(H,54,66)(H,56,65)(H,57,64)/t35-,39+,41+,47-/m1/s1. The van der Waals surface area contributed by atoms with Crippen molar-refractivity contribution in [3.63, 3.8) is 0 Å². The Kier molecular flexibility index (Phi) is 15.4. The molecule has 0 aliphatic carbocycles. The number of anilines is 3. The number of thiazole rings is 1. The molecule has 1 saturated heterocycles. The van der Waals surface area contributed by atoms with Crippen LogP contribution in [0.2, 0.25) is 0 Å². The van der Waals surface area contributed by atoms with E-state index in [-0.39, 0.29) is 69.7 Å². The van der Waals surface area contributed by atoms with Gasteiger partial charge in [0.15, 0.2) is 0 Å². The number of aryl methyl sites for hydroxylation is 2. The average Bonchev–Trinajstić information content (AvgIpc) is 4.06. The predicted molar refractivity (Wildman–Crippen MR) is 272 cm³/mol. The average molecular weight is 988 g/mol. The minimum atomic E-state index is -1.05. The third-order valence-corrected chi connectivity index (χ3v) is 13.9. The summed E-state index contributed by atoms with van der Waals surface area (Å²) in [5, 5.41) is 30.2. The Hall–Kier alpha value is -6.90. The number of nitrogens with zero attached hydrogens (tertiary/aromatic N) is 4. The van der Waals surface area contributed by atoms with E-state index in [0.29, 0.717) is 40.7 Å². The van der Waals surface area contributed by atoms with Gasteiger partial charge in [-0.1, -0.05) is 63.2 Å². The van der Waals surface area contributed by atoms with Crippen molar-refractivity contribution in [2.24, 2.45) is 12.5 Å². The molecule has 2 aliphatic heterocycles. The highest BCUT2D eigenvalue weighted by Crippen LogP contribution is 2.45. The van der Waals surface area contributed by atoms with Gasteiger partial charge in [0, 0.05) is 85.1 Å². The molecule has 5 heterocycles. The zero-order valence-corrected chi connectivity index (χ0v) is 41.3. The van der Waals surface area contributed by atoms with E-state index in [9.17, 15) is 34.2 Å². The fourth-order valence-corrected chi connectivity index (χ4v) is 10.1. The number of amides is 4. The van der Waals surface area contributed by atoms with Gasteiger partial charge < -0.3 is 60.7 Å². The SMILES string of the molecule is Cc1ncsc1-c1ccc([C@H](CO)NC(=O)[C@@H]2C[C@@H](O)CN2C(=O)[C@@H](NC(=O)COCCCOCCNC(=O)c2[nH]c3c(=O)n(C)cc4c3c2CN(c2ccccc2)c2ccc(N)cc2-4)C(C)(C)C)cc1. The van der Waals surface area contributed by atoms with Gasteiger partial charge in [-0.25, -0.2) is 4.98 Å². The van der Waals surface area contributed by atoms with Crippen molar-refractivity contribution in [3.8, 4) is 21.6 Å². The monoisotopic (exact) mass is 987 g/mol. The number of carbonyl (C=O) groups is 4. The zero-order chi connectivity index (χ0) is 50.6. The largest absolute Gasteiger partial charge is 0.399 e. The first kappa shape index (κ1) is 50.5. The van der Waals surface area contributed by atoms with Crippen molar-refractivity contribution >= 4 is 62.9 Å². The van der Waals surface area contributed by atoms with Crippen LogP contribution < -0.4 is 32.1 Å². The third kappa shape index (κ3) is 11.0. The molecule has 4 amide bonds. The van der Waals surface area contributed by atoms with Crippen LogP contribution in [0.25, 0.3) is 32.5 Å². The van der Waals surface area contributed by atoms with Crippen molar-refractivity contribution in [1.82, 2.24) is 35.4 Å². The molecule has 0 spiro atoms. The van der Waals surface area contributed by atoms with Crippen molar-refractivity contribution in [1.29, 1.82) is 0 Å². The lowest BCUT2D eigenvalue weighted by atomic mass is 9.85. The number of aromatic nitrogens is 3. The van der Waals surface area contributed by atoms with Crippen LogP contribution in [0.4, 0.5) is 17.1 Å². The number of aliphatic hydroxyl groups is 2. The second kappa shape index (κ2) is 21.6. The summed E-state index contributed by atoms with van der Waals surface area (Å²) in [4.78, 5) is 80.2. The summed E-state index contributed by atoms with van der Waals surface area (Å²) in [7, 11) is 1.68. The number of nitrogen functional groups attached to an aromatic ring is 1. The van der Waals surface area contributed by atoms with E-state index in [1.807, 2.05) is 79.7 Å². The summed E-state index contributed by atoms with van der Waals surface area (Å²) in [6.07, 6.45) is 1.26. The minimum Gasteiger partial charge on any atom is -0.399 e. The number of carbonyl (C=O) groups excluding carboxylic acids is 4. The molecule has 0 radical (unpaired) electrons. The van der Waals surface area contributed by atoms with Crippen LogP contribution >= 0.6 is 11.3 Å². The molecule has 0 unspecified atom stereocenters. The smallest absolute Gasteiger partial charge is 0.274 e. The minimum absolute atomic E-state index is 0.00391. The number of rotatable bonds is 18. The van der Waals surface area contributed by atoms with Gasteiger partial charge in [-0.3, -0.25) is 24.0 Å². The summed E-state index contributed by atoms with van der Waals surface area (Å²) >= 11 is 1.52. The van der Waals surface area contributed by atoms with Gasteiger partial charge in [-0.2, -0.15) is 0 Å². The van der Waals surface area contributed by atoms with Crippen LogP contribution in [-0.2, 0) is 37.4 Å². The molecule has 2 aliphatic rings. The molecule has 374 valence electrons. The number of aromatic amines is 1. The van der Waals surface area contributed by atoms with E-state index < -0.39 is 47.4 Å². The molecule has 0 saturated carbocycles. The first-order valence-corrected chi connectivity index (χ1v) is 24.5. The Labute approximate surface area is 415 Å². The second-order valence-electron chi connectivity index (χ2n) is 19.1. The lowest BCUT2D eigenvalue weighted by molar-refractivity contribution is -0.144. The molecule has 0 bridgehead atoms. The van der Waals surface area contributed by atoms with Crippen molar-refractivity contribution < 1.29 is 38.9 Å². The molecule has 71 heavy (non-hydrogen) atoms. The Morgan fingerprint density at radius 2 is 1.73 bits per heavy atom. The molecule has 18 nitrogen and oxygen atoms in total. The first-order valence-electron chi connectivity index (χ1n) is 23.6. The van der Waals surface area contributed by atoms with Crippen LogP contribution in [0, 0.1) is 12.3 Å². The van der Waals surface area contributed by atoms with E-state index in [1.54, 1.807) is 39.5 Å². The number of pyridine rings is 1. The topological polar surface area (TPSA) is 246 Å². The number of para-hydroxylation sites is 1. The van der Waals surface area contributed by atoms with Gasteiger partial charge in [0.05, 0.1) is 48.0 Å². The fourth-order valence-electron chi connectivity index (χ4n) is 9.26. The molecular formula is C52H61N9O9S. The highest BCUT2D eigenvalue weighted by molar-refractivity contribution is 7.13. The lowest BCUT2D eigenvalue weighted by Crippen LogP contribution is -2.58. The molecule has 6 aromatic rings. The Morgan fingerprint density at radius 1 is 0.986 bits per heavy atom. The Bertz CT molecular complexity index is 2960. The summed E-state index contributed by atoms with van der Waals surface area (Å²) in [6, 6.07) is 20.1. The van der Waals surface area contributed by atoms with E-state index in [0.717, 1.165) is 38.6 Å². The molecular weight excluding hydrogens is 927 g/mol. The van der Waals surface area contributed by atoms with E-state index in [2.05, 4.69) is 30.8 Å².